The van der Waals surface area contributed by atoms with E-state index in [0.29, 0.717) is 6.04 Å². The minimum absolute atomic E-state index is 0.444. The zero-order chi connectivity index (χ0) is 19.1. The highest BCUT2D eigenvalue weighted by Crippen LogP contribution is 2.36. The van der Waals surface area contributed by atoms with E-state index in [9.17, 15) is 0 Å². The normalized spacial score (nSPS) is 17.9. The van der Waals surface area contributed by atoms with Gasteiger partial charge in [-0.05, 0) is 49.4 Å². The van der Waals surface area contributed by atoms with Crippen molar-refractivity contribution in [2.45, 2.75) is 64.3 Å². The van der Waals surface area contributed by atoms with Gasteiger partial charge < -0.3 is 5.32 Å². The number of benzene rings is 1. The average Bonchev–Trinajstić information content (AvgIpc) is 3.24. The van der Waals surface area contributed by atoms with Crippen molar-refractivity contribution in [3.05, 3.63) is 40.8 Å². The Morgan fingerprint density at radius 3 is 2.61 bits per heavy atom. The summed E-state index contributed by atoms with van der Waals surface area (Å²) in [7, 11) is 0. The van der Waals surface area contributed by atoms with Crippen LogP contribution in [-0.4, -0.2) is 19.5 Å². The molecule has 0 bridgehead atoms. The molecular weight excluding hydrogens is 370 g/mol. The van der Waals surface area contributed by atoms with Crippen LogP contribution >= 0.6 is 11.6 Å². The van der Waals surface area contributed by atoms with Crippen LogP contribution in [0.1, 0.15) is 62.4 Å². The largest absolute Gasteiger partial charge is 0.325 e. The molecule has 1 N–H and O–H groups in total. The van der Waals surface area contributed by atoms with Crippen molar-refractivity contribution in [2.24, 2.45) is 5.92 Å². The zero-order valence-electron chi connectivity index (χ0n) is 16.3. The van der Waals surface area contributed by atoms with E-state index >= 15 is 0 Å². The van der Waals surface area contributed by atoms with E-state index in [1.807, 2.05) is 18.3 Å². The first-order valence-corrected chi connectivity index (χ1v) is 10.8. The van der Waals surface area contributed by atoms with E-state index in [1.54, 1.807) is 0 Å². The third-order valence-corrected chi connectivity index (χ3v) is 6.38. The van der Waals surface area contributed by atoms with E-state index in [-0.39, 0.29) is 0 Å². The molecule has 0 unspecified atom stereocenters. The summed E-state index contributed by atoms with van der Waals surface area (Å²) in [6.45, 7) is 2.05. The molecule has 3 aromatic rings. The molecule has 0 saturated heterocycles. The van der Waals surface area contributed by atoms with Gasteiger partial charge in [-0.2, -0.15) is 0 Å². The van der Waals surface area contributed by atoms with E-state index in [2.05, 4.69) is 27.9 Å². The van der Waals surface area contributed by atoms with Crippen LogP contribution in [0.3, 0.4) is 0 Å². The Morgan fingerprint density at radius 2 is 1.89 bits per heavy atom. The first-order valence-electron chi connectivity index (χ1n) is 10.4. The molecule has 2 aliphatic rings. The van der Waals surface area contributed by atoms with Gasteiger partial charge in [-0.25, -0.2) is 15.0 Å². The fourth-order valence-corrected chi connectivity index (χ4v) is 4.80. The number of rotatable bonds is 5. The number of halogens is 1. The van der Waals surface area contributed by atoms with Gasteiger partial charge >= 0.3 is 0 Å². The van der Waals surface area contributed by atoms with Crippen LogP contribution < -0.4 is 5.32 Å². The van der Waals surface area contributed by atoms with Gasteiger partial charge in [-0.15, -0.1) is 0 Å². The van der Waals surface area contributed by atoms with Gasteiger partial charge in [-0.3, -0.25) is 4.57 Å². The summed E-state index contributed by atoms with van der Waals surface area (Å²) in [5, 5.41) is 4.23. The molecule has 0 amide bonds. The van der Waals surface area contributed by atoms with Crippen molar-refractivity contribution in [3.63, 3.8) is 0 Å². The summed E-state index contributed by atoms with van der Waals surface area (Å²) in [6, 6.07) is 6.45. The molecule has 0 aliphatic heterocycles. The summed E-state index contributed by atoms with van der Waals surface area (Å²) in [5.41, 5.74) is 3.92. The molecule has 2 heterocycles. The topological polar surface area (TPSA) is 55.6 Å². The summed E-state index contributed by atoms with van der Waals surface area (Å²) >= 11 is 6.26. The van der Waals surface area contributed by atoms with E-state index in [1.165, 1.54) is 44.9 Å². The lowest BCUT2D eigenvalue weighted by Crippen LogP contribution is -2.16. The average molecular weight is 396 g/mol. The fraction of sp³-hybridized carbons (Fsp3) is 0.500. The number of fused-ring (bicyclic) bond motifs is 1. The number of anilines is 2. The second kappa shape index (κ2) is 7.36. The van der Waals surface area contributed by atoms with Gasteiger partial charge in [0.1, 0.15) is 11.3 Å². The van der Waals surface area contributed by atoms with Crippen LogP contribution in [0, 0.1) is 12.8 Å². The first-order chi connectivity index (χ1) is 13.7. The smallest absolute Gasteiger partial charge is 0.209 e. The van der Waals surface area contributed by atoms with Crippen molar-refractivity contribution in [3.8, 4) is 0 Å². The molecule has 0 spiro atoms. The van der Waals surface area contributed by atoms with Gasteiger partial charge in [0.25, 0.3) is 0 Å². The summed E-state index contributed by atoms with van der Waals surface area (Å²) in [5.74, 6) is 2.56. The van der Waals surface area contributed by atoms with Gasteiger partial charge in [0.2, 0.25) is 5.95 Å². The number of hydrogen-bond acceptors (Lipinski definition) is 4. The van der Waals surface area contributed by atoms with Crippen LogP contribution in [0.5, 0.6) is 0 Å². The molecule has 0 atom stereocenters. The Morgan fingerprint density at radius 1 is 1.07 bits per heavy atom. The Hall–Kier alpha value is -2.14. The lowest BCUT2D eigenvalue weighted by atomic mass is 9.83. The SMILES string of the molecule is Cc1cc(Cl)cc(Nc2nc3cnc(CC4CCC4)nc3n2C2CCCC2)c1. The fourth-order valence-electron chi connectivity index (χ4n) is 4.51. The maximum Gasteiger partial charge on any atom is 0.209 e. The van der Waals surface area contributed by atoms with Gasteiger partial charge in [-0.1, -0.05) is 43.7 Å². The Kier molecular flexibility index (Phi) is 4.71. The third-order valence-electron chi connectivity index (χ3n) is 6.17. The first kappa shape index (κ1) is 17.9. The van der Waals surface area contributed by atoms with Crippen molar-refractivity contribution >= 4 is 34.4 Å². The van der Waals surface area contributed by atoms with Crippen LogP contribution in [0.15, 0.2) is 24.4 Å². The standard InChI is InChI=1S/C22H26ClN5/c1-14-9-16(23)12-17(10-14)25-22-26-19-13-24-20(11-15-5-4-6-15)27-21(19)28(22)18-7-2-3-8-18/h9-10,12-13,15,18H,2-8,11H2,1H3,(H,25,26). The van der Waals surface area contributed by atoms with E-state index in [0.717, 1.165) is 51.5 Å². The van der Waals surface area contributed by atoms with E-state index in [4.69, 9.17) is 21.6 Å². The second-order valence-electron chi connectivity index (χ2n) is 8.38. The number of hydrogen-bond donors (Lipinski definition) is 1. The summed E-state index contributed by atoms with van der Waals surface area (Å²) in [4.78, 5) is 14.4. The number of nitrogens with one attached hydrogen (secondary N) is 1. The highest BCUT2D eigenvalue weighted by atomic mass is 35.5. The highest BCUT2D eigenvalue weighted by molar-refractivity contribution is 6.30. The number of aryl methyl sites for hydroxylation is 1. The molecule has 2 saturated carbocycles. The number of imidazole rings is 1. The Balaban J connectivity index is 1.55. The molecular formula is C22H26ClN5. The van der Waals surface area contributed by atoms with Crippen molar-refractivity contribution in [1.82, 2.24) is 19.5 Å². The predicted molar refractivity (Wildman–Crippen MR) is 113 cm³/mol. The van der Waals surface area contributed by atoms with Crippen molar-refractivity contribution in [2.75, 3.05) is 5.32 Å². The highest BCUT2D eigenvalue weighted by Gasteiger charge is 2.25. The van der Waals surface area contributed by atoms with Crippen LogP contribution in [0.25, 0.3) is 11.2 Å². The number of nitrogens with zero attached hydrogens (tertiary/aromatic N) is 4. The molecule has 1 aromatic carbocycles. The van der Waals surface area contributed by atoms with Crippen LogP contribution in [0.4, 0.5) is 11.6 Å². The summed E-state index contributed by atoms with van der Waals surface area (Å²) < 4.78 is 2.31. The molecule has 6 heteroatoms. The lowest BCUT2D eigenvalue weighted by Gasteiger charge is -2.24. The quantitative estimate of drug-likeness (QED) is 0.576. The molecule has 28 heavy (non-hydrogen) atoms. The Labute approximate surface area is 170 Å². The van der Waals surface area contributed by atoms with Crippen molar-refractivity contribution < 1.29 is 0 Å². The van der Waals surface area contributed by atoms with Crippen LogP contribution in [-0.2, 0) is 6.42 Å². The molecule has 2 aromatic heterocycles. The molecule has 2 fully saturated rings. The Bertz CT molecular complexity index is 981. The van der Waals surface area contributed by atoms with Gasteiger partial charge in [0.15, 0.2) is 5.65 Å². The molecule has 146 valence electrons. The van der Waals surface area contributed by atoms with Gasteiger partial charge in [0.05, 0.1) is 6.20 Å². The zero-order valence-corrected chi connectivity index (χ0v) is 17.0. The van der Waals surface area contributed by atoms with Gasteiger partial charge in [0, 0.05) is 23.2 Å². The minimum atomic E-state index is 0.444. The monoisotopic (exact) mass is 395 g/mol. The third kappa shape index (κ3) is 3.48. The second-order valence-corrected chi connectivity index (χ2v) is 8.82. The van der Waals surface area contributed by atoms with Crippen molar-refractivity contribution in [1.29, 1.82) is 0 Å². The molecule has 5 nitrogen and oxygen atoms in total. The molecule has 2 aliphatic carbocycles. The maximum absolute atomic E-state index is 6.26. The number of aromatic nitrogens is 4. The minimum Gasteiger partial charge on any atom is -0.325 e. The van der Waals surface area contributed by atoms with E-state index < -0.39 is 0 Å². The maximum atomic E-state index is 6.26. The molecule has 0 radical (unpaired) electrons. The molecule has 5 rings (SSSR count). The summed E-state index contributed by atoms with van der Waals surface area (Å²) in [6.07, 6.45) is 11.7. The predicted octanol–water partition coefficient (Wildman–Crippen LogP) is 5.99. The lowest BCUT2D eigenvalue weighted by molar-refractivity contribution is 0.309. The van der Waals surface area contributed by atoms with Crippen LogP contribution in [0.2, 0.25) is 5.02 Å².